The highest BCUT2D eigenvalue weighted by atomic mass is 32.1. The highest BCUT2D eigenvalue weighted by Crippen LogP contribution is 2.20. The summed E-state index contributed by atoms with van der Waals surface area (Å²) in [6.45, 7) is 0.820. The number of hydrogen-bond acceptors (Lipinski definition) is 7. The lowest BCUT2D eigenvalue weighted by atomic mass is 10.3. The standard InChI is InChI=1S/C16H15N5O2S/c22-15(18-8-9-23-12-4-2-1-3-5-12)13-10-19-16(24-13)21-14-6-7-17-11-20-14/h1-7,10-11H,8-9H2,(H,18,22)(H,17,19,20,21). The smallest absolute Gasteiger partial charge is 0.263 e. The number of ether oxygens (including phenoxy) is 1. The maximum atomic E-state index is 12.1. The number of thiazole rings is 1. The van der Waals surface area contributed by atoms with Gasteiger partial charge in [0.25, 0.3) is 5.91 Å². The van der Waals surface area contributed by atoms with Gasteiger partial charge in [0, 0.05) is 6.20 Å². The van der Waals surface area contributed by atoms with Crippen molar-refractivity contribution < 1.29 is 9.53 Å². The van der Waals surface area contributed by atoms with Crippen molar-refractivity contribution in [2.45, 2.75) is 0 Å². The highest BCUT2D eigenvalue weighted by molar-refractivity contribution is 7.17. The molecular weight excluding hydrogens is 326 g/mol. The average Bonchev–Trinajstić information content (AvgIpc) is 3.09. The minimum atomic E-state index is -0.181. The molecule has 0 aliphatic carbocycles. The van der Waals surface area contributed by atoms with Crippen molar-refractivity contribution >= 4 is 28.2 Å². The first-order valence-electron chi connectivity index (χ1n) is 7.26. The molecule has 0 saturated carbocycles. The van der Waals surface area contributed by atoms with Crippen LogP contribution in [0.4, 0.5) is 10.9 Å². The van der Waals surface area contributed by atoms with E-state index in [1.54, 1.807) is 12.3 Å². The SMILES string of the molecule is O=C(NCCOc1ccccc1)c1cnc(Nc2ccncn2)s1. The number of benzene rings is 1. The Balaban J connectivity index is 1.45. The molecule has 2 aromatic heterocycles. The zero-order chi connectivity index (χ0) is 16.6. The van der Waals surface area contributed by atoms with Crippen molar-refractivity contribution in [3.8, 4) is 5.75 Å². The van der Waals surface area contributed by atoms with Gasteiger partial charge in [-0.2, -0.15) is 0 Å². The number of nitrogens with zero attached hydrogens (tertiary/aromatic N) is 3. The number of aromatic nitrogens is 3. The molecule has 122 valence electrons. The second-order valence-corrected chi connectivity index (χ2v) is 5.70. The van der Waals surface area contributed by atoms with Gasteiger partial charge in [0.15, 0.2) is 5.13 Å². The number of amides is 1. The molecule has 0 spiro atoms. The van der Waals surface area contributed by atoms with E-state index in [9.17, 15) is 4.79 Å². The molecule has 3 aromatic rings. The van der Waals surface area contributed by atoms with Gasteiger partial charge in [0.1, 0.15) is 29.4 Å². The van der Waals surface area contributed by atoms with Gasteiger partial charge in [-0.15, -0.1) is 0 Å². The van der Waals surface area contributed by atoms with E-state index in [-0.39, 0.29) is 5.91 Å². The molecule has 0 saturated heterocycles. The van der Waals surface area contributed by atoms with Gasteiger partial charge in [-0.25, -0.2) is 15.0 Å². The predicted molar refractivity (Wildman–Crippen MR) is 91.7 cm³/mol. The third-order valence-electron chi connectivity index (χ3n) is 2.95. The molecule has 0 bridgehead atoms. The molecule has 0 fully saturated rings. The lowest BCUT2D eigenvalue weighted by molar-refractivity contribution is 0.0951. The number of anilines is 2. The fourth-order valence-electron chi connectivity index (χ4n) is 1.85. The number of nitrogens with one attached hydrogen (secondary N) is 2. The molecule has 0 unspecified atom stereocenters. The molecule has 8 heteroatoms. The Kier molecular flexibility index (Phi) is 5.31. The van der Waals surface area contributed by atoms with Crippen LogP contribution in [0.25, 0.3) is 0 Å². The van der Waals surface area contributed by atoms with E-state index in [1.807, 2.05) is 30.3 Å². The highest BCUT2D eigenvalue weighted by Gasteiger charge is 2.10. The third kappa shape index (κ3) is 4.50. The molecule has 0 atom stereocenters. The van der Waals surface area contributed by atoms with Crippen molar-refractivity contribution in [2.75, 3.05) is 18.5 Å². The average molecular weight is 341 g/mol. The third-order valence-corrected chi connectivity index (χ3v) is 3.86. The Labute approximate surface area is 142 Å². The van der Waals surface area contributed by atoms with Crippen molar-refractivity contribution in [1.29, 1.82) is 0 Å². The van der Waals surface area contributed by atoms with E-state index in [0.29, 0.717) is 29.0 Å². The van der Waals surface area contributed by atoms with E-state index in [4.69, 9.17) is 4.74 Å². The van der Waals surface area contributed by atoms with Gasteiger partial charge in [0.2, 0.25) is 0 Å². The summed E-state index contributed by atoms with van der Waals surface area (Å²) >= 11 is 1.25. The van der Waals surface area contributed by atoms with Crippen LogP contribution in [0.3, 0.4) is 0 Å². The number of hydrogen-bond donors (Lipinski definition) is 2. The lowest BCUT2D eigenvalue weighted by Crippen LogP contribution is -2.27. The zero-order valence-corrected chi connectivity index (χ0v) is 13.5. The number of para-hydroxylation sites is 1. The molecule has 3 rings (SSSR count). The second kappa shape index (κ2) is 8.02. The molecule has 7 nitrogen and oxygen atoms in total. The van der Waals surface area contributed by atoms with Crippen LogP contribution in [0, 0.1) is 0 Å². The summed E-state index contributed by atoms with van der Waals surface area (Å²) in [5.41, 5.74) is 0. The van der Waals surface area contributed by atoms with Crippen LogP contribution in [0.5, 0.6) is 5.75 Å². The summed E-state index contributed by atoms with van der Waals surface area (Å²) in [4.78, 5) is 24.6. The minimum absolute atomic E-state index is 0.181. The monoisotopic (exact) mass is 341 g/mol. The largest absolute Gasteiger partial charge is 0.492 e. The lowest BCUT2D eigenvalue weighted by Gasteiger charge is -2.06. The topological polar surface area (TPSA) is 89.0 Å². The van der Waals surface area contributed by atoms with Crippen LogP contribution in [-0.4, -0.2) is 34.0 Å². The molecule has 2 N–H and O–H groups in total. The molecule has 0 radical (unpaired) electrons. The summed E-state index contributed by atoms with van der Waals surface area (Å²) in [5.74, 6) is 1.23. The number of carbonyl (C=O) groups excluding carboxylic acids is 1. The van der Waals surface area contributed by atoms with Crippen molar-refractivity contribution in [3.63, 3.8) is 0 Å². The molecule has 0 aliphatic heterocycles. The molecule has 1 aromatic carbocycles. The Bertz CT molecular complexity index is 779. The predicted octanol–water partition coefficient (Wildman–Crippen LogP) is 2.49. The molecular formula is C16H15N5O2S. The van der Waals surface area contributed by atoms with Gasteiger partial charge < -0.3 is 15.4 Å². The van der Waals surface area contributed by atoms with E-state index in [1.165, 1.54) is 23.9 Å². The van der Waals surface area contributed by atoms with Crippen molar-refractivity contribution in [2.24, 2.45) is 0 Å². The fourth-order valence-corrected chi connectivity index (χ4v) is 2.59. The van der Waals surface area contributed by atoms with Crippen molar-refractivity contribution in [3.05, 3.63) is 60.0 Å². The van der Waals surface area contributed by atoms with E-state index in [2.05, 4.69) is 25.6 Å². The van der Waals surface area contributed by atoms with Gasteiger partial charge in [-0.3, -0.25) is 4.79 Å². The van der Waals surface area contributed by atoms with Crippen LogP contribution in [0.1, 0.15) is 9.67 Å². The van der Waals surface area contributed by atoms with Gasteiger partial charge in [-0.1, -0.05) is 29.5 Å². The quantitative estimate of drug-likeness (QED) is 0.642. The van der Waals surface area contributed by atoms with Crippen LogP contribution in [0.2, 0.25) is 0 Å². The Morgan fingerprint density at radius 1 is 1.17 bits per heavy atom. The van der Waals surface area contributed by atoms with E-state index in [0.717, 1.165) is 5.75 Å². The Morgan fingerprint density at radius 3 is 2.83 bits per heavy atom. The van der Waals surface area contributed by atoms with Crippen LogP contribution >= 0.6 is 11.3 Å². The minimum Gasteiger partial charge on any atom is -0.492 e. The second-order valence-electron chi connectivity index (χ2n) is 4.67. The molecule has 24 heavy (non-hydrogen) atoms. The normalized spacial score (nSPS) is 10.2. The Hall–Kier alpha value is -3.00. The first kappa shape index (κ1) is 15.9. The maximum Gasteiger partial charge on any atom is 0.263 e. The van der Waals surface area contributed by atoms with Crippen LogP contribution in [0.15, 0.2) is 55.1 Å². The summed E-state index contributed by atoms with van der Waals surface area (Å²) in [5, 5.41) is 6.42. The van der Waals surface area contributed by atoms with Gasteiger partial charge in [-0.05, 0) is 18.2 Å². The van der Waals surface area contributed by atoms with Crippen molar-refractivity contribution in [1.82, 2.24) is 20.3 Å². The van der Waals surface area contributed by atoms with Crippen LogP contribution < -0.4 is 15.4 Å². The zero-order valence-electron chi connectivity index (χ0n) is 12.7. The summed E-state index contributed by atoms with van der Waals surface area (Å²) < 4.78 is 5.52. The summed E-state index contributed by atoms with van der Waals surface area (Å²) in [7, 11) is 0. The molecule has 1 amide bonds. The number of rotatable bonds is 7. The fraction of sp³-hybridized carbons (Fsp3) is 0.125. The first-order valence-corrected chi connectivity index (χ1v) is 8.08. The summed E-state index contributed by atoms with van der Waals surface area (Å²) in [6.07, 6.45) is 4.60. The Morgan fingerprint density at radius 2 is 2.04 bits per heavy atom. The maximum absolute atomic E-state index is 12.1. The van der Waals surface area contributed by atoms with Gasteiger partial charge >= 0.3 is 0 Å². The molecule has 0 aliphatic rings. The summed E-state index contributed by atoms with van der Waals surface area (Å²) in [6, 6.07) is 11.2. The number of carbonyl (C=O) groups is 1. The van der Waals surface area contributed by atoms with E-state index < -0.39 is 0 Å². The molecule has 2 heterocycles. The first-order chi connectivity index (χ1) is 11.8. The van der Waals surface area contributed by atoms with Gasteiger partial charge in [0.05, 0.1) is 12.7 Å². The van der Waals surface area contributed by atoms with Crippen LogP contribution in [-0.2, 0) is 0 Å². The van der Waals surface area contributed by atoms with E-state index >= 15 is 0 Å².